The van der Waals surface area contributed by atoms with Crippen LogP contribution in [-0.2, 0) is 17.6 Å². The number of hydrogen-bond donors (Lipinski definition) is 1. The molecule has 7 heteroatoms. The van der Waals surface area contributed by atoms with Gasteiger partial charge in [-0.2, -0.15) is 5.10 Å². The minimum absolute atomic E-state index is 0.0338. The van der Waals surface area contributed by atoms with E-state index in [1.165, 1.54) is 0 Å². The molecule has 3 rings (SSSR count). The third-order valence-corrected chi connectivity index (χ3v) is 5.23. The van der Waals surface area contributed by atoms with E-state index in [4.69, 9.17) is 9.47 Å². The molecule has 0 saturated carbocycles. The van der Waals surface area contributed by atoms with Crippen molar-refractivity contribution >= 4 is 11.6 Å². The first kappa shape index (κ1) is 22.6. The van der Waals surface area contributed by atoms with Gasteiger partial charge in [0.25, 0.3) is 0 Å². The summed E-state index contributed by atoms with van der Waals surface area (Å²) >= 11 is 0. The van der Waals surface area contributed by atoms with E-state index in [0.29, 0.717) is 32.6 Å². The Morgan fingerprint density at radius 2 is 1.77 bits per heavy atom. The number of rotatable bonds is 10. The normalized spacial score (nSPS) is 11.0. The lowest BCUT2D eigenvalue weighted by molar-refractivity contribution is -0.121. The molecule has 0 radical (unpaired) electrons. The average Bonchev–Trinajstić information content (AvgIpc) is 3.10. The van der Waals surface area contributed by atoms with E-state index in [2.05, 4.69) is 15.4 Å². The zero-order chi connectivity index (χ0) is 22.4. The number of carbonyl (C=O) groups is 1. The Hall–Kier alpha value is -3.09. The molecule has 1 aromatic carbocycles. The van der Waals surface area contributed by atoms with Gasteiger partial charge < -0.3 is 14.8 Å². The molecule has 1 amide bonds. The van der Waals surface area contributed by atoms with Gasteiger partial charge in [-0.3, -0.25) is 4.79 Å². The van der Waals surface area contributed by atoms with Crippen LogP contribution >= 0.6 is 0 Å². The minimum atomic E-state index is 0.0338. The van der Waals surface area contributed by atoms with Crippen molar-refractivity contribution in [3.63, 3.8) is 0 Å². The molecule has 0 unspecified atom stereocenters. The summed E-state index contributed by atoms with van der Waals surface area (Å²) in [6.45, 7) is 11.6. The van der Waals surface area contributed by atoms with Crippen LogP contribution < -0.4 is 14.8 Å². The molecule has 7 nitrogen and oxygen atoms in total. The first-order valence-corrected chi connectivity index (χ1v) is 10.9. The van der Waals surface area contributed by atoms with Gasteiger partial charge in [-0.05, 0) is 70.7 Å². The topological polar surface area (TPSA) is 77.8 Å². The molecule has 0 aliphatic rings. The van der Waals surface area contributed by atoms with Crippen LogP contribution in [0.25, 0.3) is 5.65 Å². The fourth-order valence-corrected chi connectivity index (χ4v) is 3.73. The van der Waals surface area contributed by atoms with Crippen LogP contribution in [0.5, 0.6) is 11.5 Å². The molecule has 2 heterocycles. The zero-order valence-corrected chi connectivity index (χ0v) is 19.1. The van der Waals surface area contributed by atoms with Gasteiger partial charge in [-0.15, -0.1) is 0 Å². The predicted octanol–water partition coefficient (Wildman–Crippen LogP) is 3.74. The van der Waals surface area contributed by atoms with Crippen LogP contribution in [0.3, 0.4) is 0 Å². The van der Waals surface area contributed by atoms with Crippen LogP contribution in [-0.4, -0.2) is 40.3 Å². The number of amides is 1. The second-order valence-electron chi connectivity index (χ2n) is 7.56. The largest absolute Gasteiger partial charge is 0.490 e. The fourth-order valence-electron chi connectivity index (χ4n) is 3.73. The molecular weight excluding hydrogens is 392 g/mol. The van der Waals surface area contributed by atoms with Crippen molar-refractivity contribution in [3.05, 3.63) is 52.5 Å². The van der Waals surface area contributed by atoms with Crippen molar-refractivity contribution in [3.8, 4) is 11.5 Å². The molecule has 0 aliphatic carbocycles. The van der Waals surface area contributed by atoms with Crippen molar-refractivity contribution in [1.29, 1.82) is 0 Å². The summed E-state index contributed by atoms with van der Waals surface area (Å²) in [6.07, 6.45) is 1.79. The van der Waals surface area contributed by atoms with Crippen molar-refractivity contribution < 1.29 is 14.3 Å². The van der Waals surface area contributed by atoms with Crippen LogP contribution in [0.1, 0.15) is 48.5 Å². The highest BCUT2D eigenvalue weighted by atomic mass is 16.5. The fraction of sp³-hybridized carbons (Fsp3) is 0.458. The van der Waals surface area contributed by atoms with Gasteiger partial charge in [0.1, 0.15) is 0 Å². The van der Waals surface area contributed by atoms with Crippen LogP contribution in [0.15, 0.2) is 24.3 Å². The summed E-state index contributed by atoms with van der Waals surface area (Å²) in [4.78, 5) is 17.0. The summed E-state index contributed by atoms with van der Waals surface area (Å²) in [5.41, 5.74) is 5.96. The van der Waals surface area contributed by atoms with Crippen LogP contribution in [0.4, 0.5) is 0 Å². The van der Waals surface area contributed by atoms with E-state index in [-0.39, 0.29) is 5.91 Å². The lowest BCUT2D eigenvalue weighted by atomic mass is 10.1. The summed E-state index contributed by atoms with van der Waals surface area (Å²) in [6, 6.07) is 7.89. The highest BCUT2D eigenvalue weighted by Crippen LogP contribution is 2.28. The summed E-state index contributed by atoms with van der Waals surface area (Å²) in [5, 5.41) is 7.52. The Labute approximate surface area is 183 Å². The lowest BCUT2D eigenvalue weighted by Crippen LogP contribution is -2.26. The summed E-state index contributed by atoms with van der Waals surface area (Å²) in [7, 11) is 0. The van der Waals surface area contributed by atoms with Crippen LogP contribution in [0, 0.1) is 20.8 Å². The molecule has 0 spiro atoms. The summed E-state index contributed by atoms with van der Waals surface area (Å²) < 4.78 is 13.1. The quantitative estimate of drug-likeness (QED) is 0.536. The first-order valence-electron chi connectivity index (χ1n) is 10.9. The smallest absolute Gasteiger partial charge is 0.220 e. The lowest BCUT2D eigenvalue weighted by Gasteiger charge is -2.13. The number of carbonyl (C=O) groups excluding carboxylic acids is 1. The van der Waals surface area contributed by atoms with Gasteiger partial charge in [-0.1, -0.05) is 6.07 Å². The van der Waals surface area contributed by atoms with Gasteiger partial charge in [-0.25, -0.2) is 9.50 Å². The Morgan fingerprint density at radius 3 is 2.52 bits per heavy atom. The Balaban J connectivity index is 1.54. The minimum Gasteiger partial charge on any atom is -0.490 e. The maximum Gasteiger partial charge on any atom is 0.220 e. The first-order chi connectivity index (χ1) is 14.9. The zero-order valence-electron chi connectivity index (χ0n) is 19.1. The van der Waals surface area contributed by atoms with E-state index >= 15 is 0 Å². The molecular formula is C24H32N4O3. The number of nitrogens with one attached hydrogen (secondary N) is 1. The third kappa shape index (κ3) is 5.54. The number of aryl methyl sites for hydroxylation is 3. The predicted molar refractivity (Wildman–Crippen MR) is 121 cm³/mol. The van der Waals surface area contributed by atoms with E-state index < -0.39 is 0 Å². The van der Waals surface area contributed by atoms with Gasteiger partial charge in [0, 0.05) is 30.4 Å². The number of ether oxygens (including phenoxy) is 2. The van der Waals surface area contributed by atoms with E-state index in [1.54, 1.807) is 0 Å². The highest BCUT2D eigenvalue weighted by molar-refractivity contribution is 5.76. The molecule has 0 saturated heterocycles. The summed E-state index contributed by atoms with van der Waals surface area (Å²) in [5.74, 6) is 1.53. The van der Waals surface area contributed by atoms with E-state index in [0.717, 1.165) is 51.8 Å². The Kier molecular flexibility index (Phi) is 7.50. The molecule has 1 N–H and O–H groups in total. The van der Waals surface area contributed by atoms with Crippen molar-refractivity contribution in [2.45, 2.75) is 53.9 Å². The maximum atomic E-state index is 12.4. The molecule has 2 aromatic heterocycles. The molecule has 31 heavy (non-hydrogen) atoms. The molecule has 3 aromatic rings. The number of hydrogen-bond acceptors (Lipinski definition) is 5. The molecule has 0 aliphatic heterocycles. The second-order valence-corrected chi connectivity index (χ2v) is 7.56. The monoisotopic (exact) mass is 424 g/mol. The van der Waals surface area contributed by atoms with Gasteiger partial charge in [0.15, 0.2) is 17.1 Å². The molecule has 0 atom stereocenters. The van der Waals surface area contributed by atoms with Crippen molar-refractivity contribution in [2.75, 3.05) is 19.8 Å². The molecule has 0 fully saturated rings. The third-order valence-electron chi connectivity index (χ3n) is 5.23. The number of nitrogens with zero attached hydrogens (tertiary/aromatic N) is 3. The average molecular weight is 425 g/mol. The SMILES string of the molecule is CCOc1ccc(CCNC(=O)CCc2c(C)nc3cc(C)nn3c2C)cc1OCC. The molecule has 166 valence electrons. The highest BCUT2D eigenvalue weighted by Gasteiger charge is 2.13. The number of fused-ring (bicyclic) bond motifs is 1. The van der Waals surface area contributed by atoms with E-state index in [1.807, 2.05) is 63.4 Å². The van der Waals surface area contributed by atoms with Crippen molar-refractivity contribution in [2.24, 2.45) is 0 Å². The van der Waals surface area contributed by atoms with Gasteiger partial charge in [0.2, 0.25) is 5.91 Å². The van der Waals surface area contributed by atoms with E-state index in [9.17, 15) is 4.79 Å². The van der Waals surface area contributed by atoms with Gasteiger partial charge in [0.05, 0.1) is 18.9 Å². The number of aromatic nitrogens is 3. The van der Waals surface area contributed by atoms with Crippen LogP contribution in [0.2, 0.25) is 0 Å². The molecule has 0 bridgehead atoms. The maximum absolute atomic E-state index is 12.4. The Morgan fingerprint density at radius 1 is 1.03 bits per heavy atom. The number of benzene rings is 1. The van der Waals surface area contributed by atoms with Crippen molar-refractivity contribution in [1.82, 2.24) is 19.9 Å². The second kappa shape index (κ2) is 10.3. The Bertz CT molecular complexity index is 1060. The van der Waals surface area contributed by atoms with Gasteiger partial charge >= 0.3 is 0 Å². The standard InChI is InChI=1S/C24H32N4O3/c1-6-30-21-10-8-19(15-22(21)31-7-2)12-13-25-24(29)11-9-20-17(4)26-23-14-16(3)27-28(23)18(20)5/h8,10,14-15H,6-7,9,11-13H2,1-5H3,(H,25,29).